The number of amides is 1. The van der Waals surface area contributed by atoms with Gasteiger partial charge in [-0.25, -0.2) is 0 Å². The van der Waals surface area contributed by atoms with Crippen molar-refractivity contribution in [1.29, 1.82) is 0 Å². The maximum Gasteiger partial charge on any atom is 0.312 e. The summed E-state index contributed by atoms with van der Waals surface area (Å²) in [7, 11) is 0. The lowest BCUT2D eigenvalue weighted by Gasteiger charge is -2.13. The van der Waals surface area contributed by atoms with E-state index in [-0.39, 0.29) is 12.5 Å². The number of aliphatic carboxylic acids is 1. The molecule has 0 spiro atoms. The van der Waals surface area contributed by atoms with E-state index in [0.717, 1.165) is 21.7 Å². The fraction of sp³-hybridized carbons (Fsp3) is 0.0909. The standard InChI is InChI=1S/C22H18N2O3/c25-21(16-10-9-14-5-1-2-6-15(14)11-16)24-13-19(22(26)27)18-12-23-20-8-4-3-7-17(18)20/h1-12,19,23H,13H2,(H,24,25)(H,26,27). The Morgan fingerprint density at radius 1 is 0.963 bits per heavy atom. The first-order valence-electron chi connectivity index (χ1n) is 8.69. The van der Waals surface area contributed by atoms with Gasteiger partial charge in [-0.2, -0.15) is 0 Å². The Labute approximate surface area is 155 Å². The highest BCUT2D eigenvalue weighted by molar-refractivity contribution is 5.99. The van der Waals surface area contributed by atoms with E-state index in [1.807, 2.05) is 60.7 Å². The van der Waals surface area contributed by atoms with Gasteiger partial charge in [0.05, 0.1) is 0 Å². The number of fused-ring (bicyclic) bond motifs is 2. The number of carbonyl (C=O) groups excluding carboxylic acids is 1. The highest BCUT2D eigenvalue weighted by Crippen LogP contribution is 2.25. The van der Waals surface area contributed by atoms with Crippen LogP contribution in [0.3, 0.4) is 0 Å². The van der Waals surface area contributed by atoms with Crippen LogP contribution in [0.2, 0.25) is 0 Å². The van der Waals surface area contributed by atoms with Crippen LogP contribution in [-0.4, -0.2) is 28.5 Å². The first-order chi connectivity index (χ1) is 13.1. The summed E-state index contributed by atoms with van der Waals surface area (Å²) in [5.41, 5.74) is 2.05. The molecular formula is C22H18N2O3. The number of aromatic amines is 1. The summed E-state index contributed by atoms with van der Waals surface area (Å²) in [5, 5.41) is 15.3. The van der Waals surface area contributed by atoms with E-state index < -0.39 is 11.9 Å². The fourth-order valence-corrected chi connectivity index (χ4v) is 3.34. The summed E-state index contributed by atoms with van der Waals surface area (Å²) >= 11 is 0. The molecule has 0 saturated carbocycles. The van der Waals surface area contributed by atoms with Crippen molar-refractivity contribution in [3.05, 3.63) is 84.1 Å². The number of carbonyl (C=O) groups is 2. The van der Waals surface area contributed by atoms with Crippen LogP contribution in [-0.2, 0) is 4.79 Å². The molecule has 1 heterocycles. The first-order valence-corrected chi connectivity index (χ1v) is 8.69. The lowest BCUT2D eigenvalue weighted by Crippen LogP contribution is -2.31. The van der Waals surface area contributed by atoms with Crippen molar-refractivity contribution in [2.24, 2.45) is 0 Å². The summed E-state index contributed by atoms with van der Waals surface area (Å²) in [6.45, 7) is 0.0167. The van der Waals surface area contributed by atoms with Crippen molar-refractivity contribution >= 4 is 33.6 Å². The second kappa shape index (κ2) is 6.96. The summed E-state index contributed by atoms with van der Waals surface area (Å²) < 4.78 is 0. The van der Waals surface area contributed by atoms with E-state index in [4.69, 9.17) is 0 Å². The number of carboxylic acid groups (broad SMARTS) is 1. The molecule has 1 aromatic heterocycles. The predicted molar refractivity (Wildman–Crippen MR) is 105 cm³/mol. The minimum absolute atomic E-state index is 0.0167. The van der Waals surface area contributed by atoms with E-state index >= 15 is 0 Å². The summed E-state index contributed by atoms with van der Waals surface area (Å²) in [4.78, 5) is 27.4. The number of aromatic nitrogens is 1. The zero-order valence-corrected chi connectivity index (χ0v) is 14.5. The third-order valence-corrected chi connectivity index (χ3v) is 4.77. The van der Waals surface area contributed by atoms with Gasteiger partial charge in [0.25, 0.3) is 5.91 Å². The largest absolute Gasteiger partial charge is 0.481 e. The maximum atomic E-state index is 12.5. The molecule has 0 aliphatic carbocycles. The SMILES string of the molecule is O=C(NCC(C(=O)O)c1c[nH]c2ccccc12)c1ccc2ccccc2c1. The Hall–Kier alpha value is -3.60. The minimum Gasteiger partial charge on any atom is -0.481 e. The van der Waals surface area contributed by atoms with E-state index in [9.17, 15) is 14.7 Å². The van der Waals surface area contributed by atoms with Gasteiger partial charge < -0.3 is 15.4 Å². The van der Waals surface area contributed by atoms with Gasteiger partial charge in [0.2, 0.25) is 0 Å². The molecule has 5 nitrogen and oxygen atoms in total. The summed E-state index contributed by atoms with van der Waals surface area (Å²) in [6, 6.07) is 20.8. The number of nitrogens with one attached hydrogen (secondary N) is 2. The molecule has 27 heavy (non-hydrogen) atoms. The topological polar surface area (TPSA) is 82.2 Å². The molecule has 0 fully saturated rings. The second-order valence-electron chi connectivity index (χ2n) is 6.45. The summed E-state index contributed by atoms with van der Waals surface area (Å²) in [5.74, 6) is -2.09. The molecule has 0 aliphatic rings. The van der Waals surface area contributed by atoms with Gasteiger partial charge in [-0.3, -0.25) is 9.59 Å². The number of benzene rings is 3. The molecule has 134 valence electrons. The van der Waals surface area contributed by atoms with Crippen molar-refractivity contribution < 1.29 is 14.7 Å². The molecule has 1 unspecified atom stereocenters. The number of H-pyrrole nitrogens is 1. The average molecular weight is 358 g/mol. The molecule has 0 saturated heterocycles. The van der Waals surface area contributed by atoms with Crippen molar-refractivity contribution in [3.63, 3.8) is 0 Å². The van der Waals surface area contributed by atoms with E-state index in [2.05, 4.69) is 10.3 Å². The molecule has 3 N–H and O–H groups in total. The van der Waals surface area contributed by atoms with E-state index in [1.54, 1.807) is 12.3 Å². The van der Waals surface area contributed by atoms with Crippen molar-refractivity contribution in [3.8, 4) is 0 Å². The fourth-order valence-electron chi connectivity index (χ4n) is 3.34. The zero-order valence-electron chi connectivity index (χ0n) is 14.5. The highest BCUT2D eigenvalue weighted by Gasteiger charge is 2.24. The molecule has 4 rings (SSSR count). The molecule has 0 radical (unpaired) electrons. The third kappa shape index (κ3) is 3.27. The molecule has 1 amide bonds. The quantitative estimate of drug-likeness (QED) is 0.506. The van der Waals surface area contributed by atoms with Crippen LogP contribution < -0.4 is 5.32 Å². The van der Waals surface area contributed by atoms with Gasteiger partial charge in [0.1, 0.15) is 5.92 Å². The Morgan fingerprint density at radius 3 is 2.52 bits per heavy atom. The molecule has 0 aliphatic heterocycles. The van der Waals surface area contributed by atoms with Gasteiger partial charge in [0.15, 0.2) is 0 Å². The Bertz CT molecular complexity index is 1150. The molecule has 5 heteroatoms. The number of para-hydroxylation sites is 1. The highest BCUT2D eigenvalue weighted by atomic mass is 16.4. The Balaban J connectivity index is 1.55. The van der Waals surface area contributed by atoms with Gasteiger partial charge in [-0.15, -0.1) is 0 Å². The average Bonchev–Trinajstić information content (AvgIpc) is 3.11. The van der Waals surface area contributed by atoms with Crippen molar-refractivity contribution in [2.75, 3.05) is 6.54 Å². The van der Waals surface area contributed by atoms with Crippen molar-refractivity contribution in [2.45, 2.75) is 5.92 Å². The van der Waals surface area contributed by atoms with Crippen LogP contribution in [0.15, 0.2) is 72.9 Å². The van der Waals surface area contributed by atoms with Crippen LogP contribution in [0.1, 0.15) is 21.8 Å². The summed E-state index contributed by atoms with van der Waals surface area (Å²) in [6.07, 6.45) is 1.70. The van der Waals surface area contributed by atoms with Gasteiger partial charge >= 0.3 is 5.97 Å². The lowest BCUT2D eigenvalue weighted by molar-refractivity contribution is -0.138. The van der Waals surface area contributed by atoms with Gasteiger partial charge in [0, 0.05) is 29.2 Å². The van der Waals surface area contributed by atoms with Crippen LogP contribution in [0.5, 0.6) is 0 Å². The minimum atomic E-state index is -0.974. The first kappa shape index (κ1) is 16.8. The van der Waals surface area contributed by atoms with Crippen molar-refractivity contribution in [1.82, 2.24) is 10.3 Å². The van der Waals surface area contributed by atoms with Crippen LogP contribution in [0.25, 0.3) is 21.7 Å². The Morgan fingerprint density at radius 2 is 1.70 bits per heavy atom. The second-order valence-corrected chi connectivity index (χ2v) is 6.45. The third-order valence-electron chi connectivity index (χ3n) is 4.77. The monoisotopic (exact) mass is 358 g/mol. The number of hydrogen-bond acceptors (Lipinski definition) is 2. The van der Waals surface area contributed by atoms with Crippen LogP contribution >= 0.6 is 0 Å². The van der Waals surface area contributed by atoms with Crippen LogP contribution in [0, 0.1) is 0 Å². The van der Waals surface area contributed by atoms with E-state index in [0.29, 0.717) is 11.1 Å². The van der Waals surface area contributed by atoms with Crippen LogP contribution in [0.4, 0.5) is 0 Å². The number of hydrogen-bond donors (Lipinski definition) is 3. The molecular weight excluding hydrogens is 340 g/mol. The number of rotatable bonds is 5. The van der Waals surface area contributed by atoms with Gasteiger partial charge in [-0.05, 0) is 34.5 Å². The zero-order chi connectivity index (χ0) is 18.8. The Kier molecular flexibility index (Phi) is 4.34. The maximum absolute atomic E-state index is 12.5. The molecule has 3 aromatic carbocycles. The smallest absolute Gasteiger partial charge is 0.312 e. The predicted octanol–water partition coefficient (Wildman–Crippen LogP) is 3.92. The van der Waals surface area contributed by atoms with E-state index in [1.165, 1.54) is 0 Å². The molecule has 4 aromatic rings. The normalized spacial score (nSPS) is 12.1. The molecule has 0 bridgehead atoms. The van der Waals surface area contributed by atoms with Gasteiger partial charge in [-0.1, -0.05) is 48.5 Å². The molecule has 1 atom stereocenters. The number of carboxylic acids is 1. The lowest BCUT2D eigenvalue weighted by atomic mass is 9.98.